The lowest BCUT2D eigenvalue weighted by molar-refractivity contribution is 1.13. The molecule has 4 nitrogen and oxygen atoms in total. The largest absolute Gasteiger partial charge is 0.378 e. The summed E-state index contributed by atoms with van der Waals surface area (Å²) in [7, 11) is 8.26. The van der Waals surface area contributed by atoms with E-state index in [1.165, 1.54) is 65.3 Å². The fourth-order valence-corrected chi connectivity index (χ4v) is 9.37. The molecule has 0 unspecified atom stereocenters. The van der Waals surface area contributed by atoms with Crippen molar-refractivity contribution in [2.24, 2.45) is 0 Å². The second-order valence-electron chi connectivity index (χ2n) is 15.1. The smallest absolute Gasteiger partial charge is 0.124 e. The molecule has 10 aromatic rings. The highest BCUT2D eigenvalue weighted by Crippen LogP contribution is 2.37. The minimum Gasteiger partial charge on any atom is -0.378 e. The highest BCUT2D eigenvalue weighted by molar-refractivity contribution is 7.22. The molecule has 0 saturated heterocycles. The summed E-state index contributed by atoms with van der Waals surface area (Å²) in [4.78, 5) is 13.8. The molecule has 2 aromatic heterocycles. The van der Waals surface area contributed by atoms with Crippen LogP contribution in [0.15, 0.2) is 194 Å². The van der Waals surface area contributed by atoms with Crippen molar-refractivity contribution in [3.8, 4) is 65.6 Å². The first kappa shape index (κ1) is 38.6. The summed E-state index contributed by atoms with van der Waals surface area (Å²) < 4.78 is 2.45. The summed E-state index contributed by atoms with van der Waals surface area (Å²) in [5.74, 6) is 0. The fraction of sp³-hybridized carbons (Fsp3) is 0.0741. The number of thiazole rings is 2. The van der Waals surface area contributed by atoms with E-state index in [1.54, 1.807) is 22.7 Å². The molecule has 0 aliphatic heterocycles. The number of rotatable bonds is 8. The molecule has 6 heteroatoms. The van der Waals surface area contributed by atoms with Gasteiger partial charge in [0.05, 0.1) is 20.4 Å². The number of anilines is 2. The monoisotopic (exact) mass is 812 g/mol. The SMILES string of the molecule is CN(C)c1ccc(-c2ccccc2-c2ccc(-c3nc4ccccc4s3)cc2)cc1.CN(C)c1ccc(-c2ccccc2-c2ccc(-c3nc4ccccc4s3)cc2)cc1. The molecule has 8 aromatic carbocycles. The van der Waals surface area contributed by atoms with E-state index >= 15 is 0 Å². The minimum atomic E-state index is 1.06. The molecule has 60 heavy (non-hydrogen) atoms. The molecule has 0 amide bonds. The predicted octanol–water partition coefficient (Wildman–Crippen LogP) is 14.7. The maximum Gasteiger partial charge on any atom is 0.124 e. The van der Waals surface area contributed by atoms with Gasteiger partial charge in [-0.25, -0.2) is 9.97 Å². The van der Waals surface area contributed by atoms with Crippen LogP contribution in [0.4, 0.5) is 11.4 Å². The molecule has 0 spiro atoms. The lowest BCUT2D eigenvalue weighted by Crippen LogP contribution is -2.07. The molecule has 0 fully saturated rings. The number of fused-ring (bicyclic) bond motifs is 2. The van der Waals surface area contributed by atoms with Gasteiger partial charge in [0.15, 0.2) is 0 Å². The molecule has 0 N–H and O–H groups in total. The molecule has 0 aliphatic rings. The van der Waals surface area contributed by atoms with Gasteiger partial charge in [0.25, 0.3) is 0 Å². The Balaban J connectivity index is 0.000000154. The van der Waals surface area contributed by atoms with Gasteiger partial charge in [-0.15, -0.1) is 22.7 Å². The normalized spacial score (nSPS) is 11.0. The molecule has 0 saturated carbocycles. The fourth-order valence-electron chi connectivity index (χ4n) is 7.43. The summed E-state index contributed by atoms with van der Waals surface area (Å²) in [5, 5.41) is 2.13. The maximum absolute atomic E-state index is 4.79. The molecular weight excluding hydrogens is 769 g/mol. The Morgan fingerprint density at radius 3 is 0.867 bits per heavy atom. The maximum atomic E-state index is 4.79. The minimum absolute atomic E-state index is 1.06. The van der Waals surface area contributed by atoms with Crippen molar-refractivity contribution < 1.29 is 0 Å². The van der Waals surface area contributed by atoms with Crippen molar-refractivity contribution in [2.75, 3.05) is 38.0 Å². The van der Waals surface area contributed by atoms with Crippen molar-refractivity contribution in [1.29, 1.82) is 0 Å². The van der Waals surface area contributed by atoms with Crippen molar-refractivity contribution in [1.82, 2.24) is 9.97 Å². The van der Waals surface area contributed by atoms with Gasteiger partial charge in [-0.05, 0) is 93.0 Å². The van der Waals surface area contributed by atoms with E-state index in [2.05, 4.69) is 220 Å². The highest BCUT2D eigenvalue weighted by atomic mass is 32.1. The summed E-state index contributed by atoms with van der Waals surface area (Å²) in [6.07, 6.45) is 0. The van der Waals surface area contributed by atoms with Crippen LogP contribution in [0.3, 0.4) is 0 Å². The topological polar surface area (TPSA) is 32.3 Å². The average Bonchev–Trinajstić information content (AvgIpc) is 3.95. The van der Waals surface area contributed by atoms with E-state index in [4.69, 9.17) is 9.97 Å². The first-order valence-corrected chi connectivity index (χ1v) is 21.7. The molecule has 0 radical (unpaired) electrons. The summed E-state index contributed by atoms with van der Waals surface area (Å²) >= 11 is 3.48. The molecule has 10 rings (SSSR count). The summed E-state index contributed by atoms with van der Waals surface area (Å²) in [6, 6.07) is 68.8. The van der Waals surface area contributed by atoms with E-state index in [0.717, 1.165) is 32.2 Å². The van der Waals surface area contributed by atoms with E-state index < -0.39 is 0 Å². The zero-order chi connectivity index (χ0) is 41.0. The number of hydrogen-bond donors (Lipinski definition) is 0. The zero-order valence-corrected chi connectivity index (χ0v) is 35.7. The molecule has 292 valence electrons. The van der Waals surface area contributed by atoms with Gasteiger partial charge in [0, 0.05) is 50.7 Å². The quantitative estimate of drug-likeness (QED) is 0.153. The van der Waals surface area contributed by atoms with Gasteiger partial charge < -0.3 is 9.80 Å². The number of aromatic nitrogens is 2. The van der Waals surface area contributed by atoms with Crippen LogP contribution in [-0.2, 0) is 0 Å². The van der Waals surface area contributed by atoms with Crippen molar-refractivity contribution in [3.63, 3.8) is 0 Å². The number of hydrogen-bond acceptors (Lipinski definition) is 6. The number of benzene rings is 8. The second kappa shape index (κ2) is 17.2. The highest BCUT2D eigenvalue weighted by Gasteiger charge is 2.12. The van der Waals surface area contributed by atoms with Crippen LogP contribution in [0.1, 0.15) is 0 Å². The third-order valence-corrected chi connectivity index (χ3v) is 12.9. The lowest BCUT2D eigenvalue weighted by Gasteiger charge is -2.14. The average molecular weight is 813 g/mol. The van der Waals surface area contributed by atoms with Crippen LogP contribution in [-0.4, -0.2) is 38.2 Å². The molecule has 2 heterocycles. The molecule has 0 bridgehead atoms. The van der Waals surface area contributed by atoms with E-state index in [9.17, 15) is 0 Å². The van der Waals surface area contributed by atoms with Gasteiger partial charge in [-0.2, -0.15) is 0 Å². The Kier molecular flexibility index (Phi) is 11.1. The van der Waals surface area contributed by atoms with E-state index in [1.807, 2.05) is 12.1 Å². The Labute approximate surface area is 360 Å². The van der Waals surface area contributed by atoms with Gasteiger partial charge >= 0.3 is 0 Å². The second-order valence-corrected chi connectivity index (χ2v) is 17.2. The number of para-hydroxylation sites is 2. The number of nitrogens with zero attached hydrogens (tertiary/aromatic N) is 4. The van der Waals surface area contributed by atoms with Crippen molar-refractivity contribution >= 4 is 54.5 Å². The molecular formula is C54H44N4S2. The third kappa shape index (κ3) is 8.21. The first-order valence-electron chi connectivity index (χ1n) is 20.0. The van der Waals surface area contributed by atoms with Crippen LogP contribution in [0.2, 0.25) is 0 Å². The van der Waals surface area contributed by atoms with Crippen LogP contribution in [0.5, 0.6) is 0 Å². The van der Waals surface area contributed by atoms with Crippen molar-refractivity contribution in [3.05, 3.63) is 194 Å². The van der Waals surface area contributed by atoms with Gasteiger partial charge in [-0.1, -0.05) is 146 Å². The van der Waals surface area contributed by atoms with Gasteiger partial charge in [0.1, 0.15) is 10.0 Å². The zero-order valence-electron chi connectivity index (χ0n) is 34.1. The van der Waals surface area contributed by atoms with Crippen LogP contribution in [0.25, 0.3) is 86.1 Å². The third-order valence-electron chi connectivity index (χ3n) is 10.7. The Morgan fingerprint density at radius 1 is 0.300 bits per heavy atom. The van der Waals surface area contributed by atoms with E-state index in [0.29, 0.717) is 0 Å². The Hall–Kier alpha value is -6.86. The first-order chi connectivity index (χ1) is 29.4. The summed E-state index contributed by atoms with van der Waals surface area (Å²) in [6.45, 7) is 0. The van der Waals surface area contributed by atoms with Crippen LogP contribution >= 0.6 is 22.7 Å². The van der Waals surface area contributed by atoms with E-state index in [-0.39, 0.29) is 0 Å². The predicted molar refractivity (Wildman–Crippen MR) is 261 cm³/mol. The van der Waals surface area contributed by atoms with Gasteiger partial charge in [-0.3, -0.25) is 0 Å². The Bertz CT molecular complexity index is 2740. The lowest BCUT2D eigenvalue weighted by atomic mass is 9.94. The van der Waals surface area contributed by atoms with Crippen LogP contribution in [0, 0.1) is 0 Å². The van der Waals surface area contributed by atoms with Crippen molar-refractivity contribution in [2.45, 2.75) is 0 Å². The Morgan fingerprint density at radius 2 is 0.567 bits per heavy atom. The van der Waals surface area contributed by atoms with Gasteiger partial charge in [0.2, 0.25) is 0 Å². The standard InChI is InChI=1S/2C27H22N2S/c2*1-29(2)22-17-15-20(16-18-22)24-8-4-3-7-23(24)19-11-13-21(14-12-19)27-28-25-9-5-6-10-26(25)30-27/h2*3-18H,1-2H3. The molecule has 0 aliphatic carbocycles. The summed E-state index contributed by atoms with van der Waals surface area (Å²) in [5.41, 5.74) is 16.7. The molecule has 0 atom stereocenters. The van der Waals surface area contributed by atoms with Crippen LogP contribution < -0.4 is 9.80 Å².